The van der Waals surface area contributed by atoms with Crippen LogP contribution in [0.3, 0.4) is 0 Å². The molecule has 0 aliphatic carbocycles. The molecule has 0 nitrogen and oxygen atoms in total. The molecule has 0 fully saturated rings. The SMILES string of the molecule is CCCC=C(CBr)CCBr. The van der Waals surface area contributed by atoms with Crippen molar-refractivity contribution in [1.82, 2.24) is 0 Å². The van der Waals surface area contributed by atoms with Gasteiger partial charge in [-0.25, -0.2) is 0 Å². The first-order chi connectivity index (χ1) is 4.85. The van der Waals surface area contributed by atoms with Crippen LogP contribution in [-0.2, 0) is 0 Å². The average Bonchev–Trinajstić information content (AvgIpc) is 1.98. The number of alkyl halides is 2. The molecule has 0 spiro atoms. The zero-order chi connectivity index (χ0) is 7.82. The summed E-state index contributed by atoms with van der Waals surface area (Å²) in [4.78, 5) is 0. The number of hydrogen-bond acceptors (Lipinski definition) is 0. The molecule has 2 heteroatoms. The van der Waals surface area contributed by atoms with Gasteiger partial charge in [0.05, 0.1) is 0 Å². The molecule has 0 aliphatic rings. The number of rotatable bonds is 5. The smallest absolute Gasteiger partial charge is 0.0242 e. The number of hydrogen-bond donors (Lipinski definition) is 0. The van der Waals surface area contributed by atoms with E-state index < -0.39 is 0 Å². The predicted molar refractivity (Wildman–Crippen MR) is 55.2 cm³/mol. The Morgan fingerprint density at radius 3 is 2.50 bits per heavy atom. The fraction of sp³-hybridized carbons (Fsp3) is 0.750. The van der Waals surface area contributed by atoms with Gasteiger partial charge in [-0.05, 0) is 12.8 Å². The molecule has 10 heavy (non-hydrogen) atoms. The van der Waals surface area contributed by atoms with E-state index in [1.54, 1.807) is 0 Å². The van der Waals surface area contributed by atoms with E-state index >= 15 is 0 Å². The molecule has 0 aromatic heterocycles. The number of halogens is 2. The van der Waals surface area contributed by atoms with Crippen molar-refractivity contribution in [2.24, 2.45) is 0 Å². The lowest BCUT2D eigenvalue weighted by atomic mass is 10.2. The van der Waals surface area contributed by atoms with Crippen LogP contribution >= 0.6 is 31.9 Å². The Morgan fingerprint density at radius 1 is 1.40 bits per heavy atom. The van der Waals surface area contributed by atoms with E-state index in [0.717, 1.165) is 10.7 Å². The van der Waals surface area contributed by atoms with Gasteiger partial charge in [0.15, 0.2) is 0 Å². The zero-order valence-corrected chi connectivity index (χ0v) is 9.54. The molecule has 0 rings (SSSR count). The molecule has 0 saturated carbocycles. The number of unbranched alkanes of at least 4 members (excludes halogenated alkanes) is 1. The fourth-order valence-electron chi connectivity index (χ4n) is 0.693. The molecule has 0 aliphatic heterocycles. The summed E-state index contributed by atoms with van der Waals surface area (Å²) in [6.45, 7) is 2.20. The monoisotopic (exact) mass is 268 g/mol. The first-order valence-electron chi connectivity index (χ1n) is 3.65. The maximum Gasteiger partial charge on any atom is 0.0242 e. The van der Waals surface area contributed by atoms with Crippen molar-refractivity contribution in [3.8, 4) is 0 Å². The van der Waals surface area contributed by atoms with E-state index in [0.29, 0.717) is 0 Å². The molecule has 0 heterocycles. The Balaban J connectivity index is 3.55. The summed E-state index contributed by atoms with van der Waals surface area (Å²) >= 11 is 6.88. The molecule has 0 N–H and O–H groups in total. The van der Waals surface area contributed by atoms with Crippen molar-refractivity contribution in [3.05, 3.63) is 11.6 Å². The maximum atomic E-state index is 3.46. The second-order valence-electron chi connectivity index (χ2n) is 2.22. The summed E-state index contributed by atoms with van der Waals surface area (Å²) in [5.74, 6) is 0. The summed E-state index contributed by atoms with van der Waals surface area (Å²) in [6.07, 6.45) is 5.97. The Kier molecular flexibility index (Phi) is 8.35. The third-order valence-corrected chi connectivity index (χ3v) is 2.43. The van der Waals surface area contributed by atoms with Crippen LogP contribution in [0.5, 0.6) is 0 Å². The summed E-state index contributed by atoms with van der Waals surface area (Å²) in [5, 5.41) is 2.10. The van der Waals surface area contributed by atoms with E-state index in [1.807, 2.05) is 0 Å². The van der Waals surface area contributed by atoms with Crippen LogP contribution in [0.25, 0.3) is 0 Å². The summed E-state index contributed by atoms with van der Waals surface area (Å²) < 4.78 is 0. The highest BCUT2D eigenvalue weighted by Crippen LogP contribution is 2.09. The van der Waals surface area contributed by atoms with Gasteiger partial charge in [-0.15, -0.1) is 0 Å². The van der Waals surface area contributed by atoms with Gasteiger partial charge in [0.2, 0.25) is 0 Å². The van der Waals surface area contributed by atoms with Gasteiger partial charge in [0.1, 0.15) is 0 Å². The summed E-state index contributed by atoms with van der Waals surface area (Å²) in [7, 11) is 0. The quantitative estimate of drug-likeness (QED) is 0.525. The van der Waals surface area contributed by atoms with E-state index in [9.17, 15) is 0 Å². The maximum absolute atomic E-state index is 3.46. The second kappa shape index (κ2) is 7.80. The van der Waals surface area contributed by atoms with Gasteiger partial charge in [-0.3, -0.25) is 0 Å². The molecule has 60 valence electrons. The highest BCUT2D eigenvalue weighted by molar-refractivity contribution is 9.09. The first-order valence-corrected chi connectivity index (χ1v) is 5.89. The van der Waals surface area contributed by atoms with Gasteiger partial charge in [0, 0.05) is 10.7 Å². The van der Waals surface area contributed by atoms with Gasteiger partial charge >= 0.3 is 0 Å². The van der Waals surface area contributed by atoms with E-state index in [-0.39, 0.29) is 0 Å². The van der Waals surface area contributed by atoms with Crippen molar-refractivity contribution < 1.29 is 0 Å². The Hall–Kier alpha value is 0.700. The molecule has 0 aromatic rings. The van der Waals surface area contributed by atoms with Crippen LogP contribution in [0.1, 0.15) is 26.2 Å². The topological polar surface area (TPSA) is 0 Å². The molecular formula is C8H14Br2. The normalized spacial score (nSPS) is 12.1. The zero-order valence-electron chi connectivity index (χ0n) is 6.37. The third-order valence-electron chi connectivity index (χ3n) is 1.31. The van der Waals surface area contributed by atoms with Crippen molar-refractivity contribution in [1.29, 1.82) is 0 Å². The Labute approximate surface area is 80.3 Å². The van der Waals surface area contributed by atoms with Crippen LogP contribution in [-0.4, -0.2) is 10.7 Å². The van der Waals surface area contributed by atoms with Crippen molar-refractivity contribution >= 4 is 31.9 Å². The molecule has 0 saturated heterocycles. The van der Waals surface area contributed by atoms with Gasteiger partial charge in [-0.2, -0.15) is 0 Å². The largest absolute Gasteiger partial charge is 0.0925 e. The highest BCUT2D eigenvalue weighted by atomic mass is 79.9. The Morgan fingerprint density at radius 2 is 2.10 bits per heavy atom. The van der Waals surface area contributed by atoms with Crippen LogP contribution in [0.15, 0.2) is 11.6 Å². The Bertz CT molecular complexity index is 97.4. The van der Waals surface area contributed by atoms with Crippen LogP contribution in [0.4, 0.5) is 0 Å². The minimum atomic E-state index is 1.03. The lowest BCUT2D eigenvalue weighted by Crippen LogP contribution is -1.85. The lowest BCUT2D eigenvalue weighted by Gasteiger charge is -1.98. The predicted octanol–water partition coefficient (Wildman–Crippen LogP) is 3.89. The van der Waals surface area contributed by atoms with Gasteiger partial charge < -0.3 is 0 Å². The van der Waals surface area contributed by atoms with E-state index in [2.05, 4.69) is 44.9 Å². The summed E-state index contributed by atoms with van der Waals surface area (Å²) in [6, 6.07) is 0. The van der Waals surface area contributed by atoms with Crippen LogP contribution < -0.4 is 0 Å². The standard InChI is InChI=1S/C8H14Br2/c1-2-3-4-8(7-10)5-6-9/h4H,2-3,5-7H2,1H3. The minimum Gasteiger partial charge on any atom is -0.0925 e. The van der Waals surface area contributed by atoms with Gasteiger partial charge in [0.25, 0.3) is 0 Å². The van der Waals surface area contributed by atoms with E-state index in [4.69, 9.17) is 0 Å². The van der Waals surface area contributed by atoms with Crippen molar-refractivity contribution in [2.45, 2.75) is 26.2 Å². The minimum absolute atomic E-state index is 1.03. The third kappa shape index (κ3) is 5.48. The van der Waals surface area contributed by atoms with Crippen LogP contribution in [0, 0.1) is 0 Å². The molecule has 0 radical (unpaired) electrons. The molecular weight excluding hydrogens is 256 g/mol. The van der Waals surface area contributed by atoms with E-state index in [1.165, 1.54) is 24.8 Å². The first kappa shape index (κ1) is 10.7. The number of allylic oxidation sites excluding steroid dienone is 2. The van der Waals surface area contributed by atoms with Gasteiger partial charge in [-0.1, -0.05) is 56.9 Å². The second-order valence-corrected chi connectivity index (χ2v) is 3.58. The molecule has 0 aromatic carbocycles. The van der Waals surface area contributed by atoms with Crippen LogP contribution in [0.2, 0.25) is 0 Å². The van der Waals surface area contributed by atoms with Crippen molar-refractivity contribution in [3.63, 3.8) is 0 Å². The highest BCUT2D eigenvalue weighted by Gasteiger charge is 1.91. The molecule has 0 atom stereocenters. The average molecular weight is 270 g/mol. The van der Waals surface area contributed by atoms with Crippen molar-refractivity contribution in [2.75, 3.05) is 10.7 Å². The summed E-state index contributed by atoms with van der Waals surface area (Å²) in [5.41, 5.74) is 1.51. The molecule has 0 unspecified atom stereocenters. The fourth-order valence-corrected chi connectivity index (χ4v) is 1.71. The molecule has 0 bridgehead atoms. The molecule has 0 amide bonds. The lowest BCUT2D eigenvalue weighted by molar-refractivity contribution is 0.938.